The molecule has 1 fully saturated rings. The summed E-state index contributed by atoms with van der Waals surface area (Å²) in [5, 5.41) is 15.9. The molecule has 3 aliphatic carbocycles. The standard InChI is InChI=1S/C19H22N2O4S/c22-16(11-4-1-2-5-12(11)19(24)25)21-18-15(17(23)20-10-8-9-10)13-6-3-7-14(13)26-18/h1-2,10-12H,3-9H2,(H,20,23)(H,21,22)(H,24,25). The minimum atomic E-state index is -0.949. The number of aryl methyl sites for hydroxylation is 1. The minimum absolute atomic E-state index is 0.111. The molecule has 0 spiro atoms. The van der Waals surface area contributed by atoms with Crippen LogP contribution in [0.4, 0.5) is 5.00 Å². The van der Waals surface area contributed by atoms with Crippen LogP contribution in [0.5, 0.6) is 0 Å². The highest BCUT2D eigenvalue weighted by atomic mass is 32.1. The van der Waals surface area contributed by atoms with Crippen molar-refractivity contribution >= 4 is 34.1 Å². The molecule has 2 unspecified atom stereocenters. The van der Waals surface area contributed by atoms with E-state index in [-0.39, 0.29) is 17.9 Å². The van der Waals surface area contributed by atoms with Crippen LogP contribution in [0.1, 0.15) is 52.9 Å². The van der Waals surface area contributed by atoms with Gasteiger partial charge in [0.2, 0.25) is 5.91 Å². The van der Waals surface area contributed by atoms with E-state index in [2.05, 4.69) is 10.6 Å². The lowest BCUT2D eigenvalue weighted by atomic mass is 9.82. The van der Waals surface area contributed by atoms with E-state index in [9.17, 15) is 19.5 Å². The highest BCUT2D eigenvalue weighted by molar-refractivity contribution is 7.17. The molecule has 1 aromatic heterocycles. The van der Waals surface area contributed by atoms with Gasteiger partial charge in [-0.05, 0) is 50.5 Å². The maximum atomic E-state index is 12.8. The van der Waals surface area contributed by atoms with Crippen LogP contribution in [-0.4, -0.2) is 28.9 Å². The number of hydrogen-bond donors (Lipinski definition) is 3. The molecule has 3 aliphatic rings. The molecular weight excluding hydrogens is 352 g/mol. The Morgan fingerprint density at radius 2 is 1.81 bits per heavy atom. The lowest BCUT2D eigenvalue weighted by Crippen LogP contribution is -2.35. The van der Waals surface area contributed by atoms with E-state index < -0.39 is 17.8 Å². The van der Waals surface area contributed by atoms with Crippen molar-refractivity contribution in [2.75, 3.05) is 5.32 Å². The first kappa shape index (κ1) is 17.3. The topological polar surface area (TPSA) is 95.5 Å². The van der Waals surface area contributed by atoms with E-state index in [4.69, 9.17) is 0 Å². The number of carboxylic acid groups (broad SMARTS) is 1. The van der Waals surface area contributed by atoms with E-state index in [1.807, 2.05) is 12.2 Å². The van der Waals surface area contributed by atoms with Crippen LogP contribution in [0.15, 0.2) is 12.2 Å². The summed E-state index contributed by atoms with van der Waals surface area (Å²) in [4.78, 5) is 38.1. The summed E-state index contributed by atoms with van der Waals surface area (Å²) >= 11 is 1.47. The van der Waals surface area contributed by atoms with Gasteiger partial charge in [-0.1, -0.05) is 12.2 Å². The number of hydrogen-bond acceptors (Lipinski definition) is 4. The number of carbonyl (C=O) groups is 3. The van der Waals surface area contributed by atoms with E-state index in [0.29, 0.717) is 23.4 Å². The van der Waals surface area contributed by atoms with Crippen LogP contribution in [0.25, 0.3) is 0 Å². The van der Waals surface area contributed by atoms with E-state index in [1.165, 1.54) is 16.2 Å². The molecule has 7 heteroatoms. The van der Waals surface area contributed by atoms with Gasteiger partial charge in [0.1, 0.15) is 5.00 Å². The first-order valence-electron chi connectivity index (χ1n) is 9.18. The van der Waals surface area contributed by atoms with Gasteiger partial charge in [-0.15, -0.1) is 11.3 Å². The summed E-state index contributed by atoms with van der Waals surface area (Å²) in [5.74, 6) is -2.68. The SMILES string of the molecule is O=C(NC1CC1)c1c(NC(=O)C2CC=CCC2C(=O)O)sc2c1CCC2. The number of anilines is 1. The zero-order valence-corrected chi connectivity index (χ0v) is 15.2. The Labute approximate surface area is 155 Å². The molecule has 3 N–H and O–H groups in total. The number of rotatable bonds is 5. The summed E-state index contributed by atoms with van der Waals surface area (Å²) in [5.41, 5.74) is 1.66. The average molecular weight is 374 g/mol. The predicted octanol–water partition coefficient (Wildman–Crippen LogP) is 2.73. The number of carboxylic acids is 1. The van der Waals surface area contributed by atoms with Crippen molar-refractivity contribution in [1.29, 1.82) is 0 Å². The molecule has 6 nitrogen and oxygen atoms in total. The third kappa shape index (κ3) is 3.28. The summed E-state index contributed by atoms with van der Waals surface area (Å²) < 4.78 is 0. The normalized spacial score (nSPS) is 24.2. The van der Waals surface area contributed by atoms with Crippen molar-refractivity contribution in [2.24, 2.45) is 11.8 Å². The fourth-order valence-electron chi connectivity index (χ4n) is 3.80. The number of aliphatic carboxylic acids is 1. The first-order valence-corrected chi connectivity index (χ1v) is 10.0. The van der Waals surface area contributed by atoms with Gasteiger partial charge in [-0.2, -0.15) is 0 Å². The largest absolute Gasteiger partial charge is 0.481 e. The summed E-state index contributed by atoms with van der Waals surface area (Å²) in [6.45, 7) is 0. The smallest absolute Gasteiger partial charge is 0.307 e. The van der Waals surface area contributed by atoms with Crippen molar-refractivity contribution in [3.05, 3.63) is 28.2 Å². The van der Waals surface area contributed by atoms with Crippen LogP contribution in [-0.2, 0) is 22.4 Å². The number of thiophene rings is 1. The molecule has 26 heavy (non-hydrogen) atoms. The van der Waals surface area contributed by atoms with E-state index in [1.54, 1.807) is 0 Å². The number of carbonyl (C=O) groups excluding carboxylic acids is 2. The Kier molecular flexibility index (Phi) is 4.56. The molecule has 2 amide bonds. The predicted molar refractivity (Wildman–Crippen MR) is 98.5 cm³/mol. The van der Waals surface area contributed by atoms with Crippen LogP contribution in [0.2, 0.25) is 0 Å². The van der Waals surface area contributed by atoms with Gasteiger partial charge in [0.15, 0.2) is 0 Å². The van der Waals surface area contributed by atoms with Crippen LogP contribution < -0.4 is 10.6 Å². The first-order chi connectivity index (χ1) is 12.5. The molecule has 1 aromatic rings. The highest BCUT2D eigenvalue weighted by Crippen LogP contribution is 2.40. The second-order valence-corrected chi connectivity index (χ2v) is 8.40. The molecule has 4 rings (SSSR count). The Bertz CT molecular complexity index is 794. The fraction of sp³-hybridized carbons (Fsp3) is 0.526. The highest BCUT2D eigenvalue weighted by Gasteiger charge is 2.36. The van der Waals surface area contributed by atoms with Crippen molar-refractivity contribution in [3.63, 3.8) is 0 Å². The minimum Gasteiger partial charge on any atom is -0.481 e. The number of amides is 2. The molecule has 138 valence electrons. The zero-order valence-electron chi connectivity index (χ0n) is 14.4. The van der Waals surface area contributed by atoms with Crippen molar-refractivity contribution < 1.29 is 19.5 Å². The van der Waals surface area contributed by atoms with Crippen molar-refractivity contribution in [1.82, 2.24) is 5.32 Å². The Hall–Kier alpha value is -2.15. The third-order valence-electron chi connectivity index (χ3n) is 5.38. The van der Waals surface area contributed by atoms with Gasteiger partial charge in [-0.3, -0.25) is 14.4 Å². The molecular formula is C19H22N2O4S. The monoisotopic (exact) mass is 374 g/mol. The third-order valence-corrected chi connectivity index (χ3v) is 6.59. The molecule has 0 bridgehead atoms. The van der Waals surface area contributed by atoms with Gasteiger partial charge >= 0.3 is 5.97 Å². The average Bonchev–Trinajstić information content (AvgIpc) is 3.20. The molecule has 0 aromatic carbocycles. The zero-order chi connectivity index (χ0) is 18.3. The number of allylic oxidation sites excluding steroid dienone is 2. The van der Waals surface area contributed by atoms with Gasteiger partial charge in [0.05, 0.1) is 17.4 Å². The summed E-state index contributed by atoms with van der Waals surface area (Å²) in [6.07, 6.45) is 9.30. The van der Waals surface area contributed by atoms with Crippen molar-refractivity contribution in [2.45, 2.75) is 51.0 Å². The van der Waals surface area contributed by atoms with Gasteiger partial charge < -0.3 is 15.7 Å². The molecule has 1 heterocycles. The molecule has 1 saturated carbocycles. The Morgan fingerprint density at radius 1 is 1.08 bits per heavy atom. The molecule has 0 saturated heterocycles. The fourth-order valence-corrected chi connectivity index (χ4v) is 5.09. The summed E-state index contributed by atoms with van der Waals surface area (Å²) in [7, 11) is 0. The molecule has 0 aliphatic heterocycles. The van der Waals surface area contributed by atoms with Gasteiger partial charge in [-0.25, -0.2) is 0 Å². The maximum absolute atomic E-state index is 12.8. The van der Waals surface area contributed by atoms with E-state index in [0.717, 1.165) is 37.7 Å². The Morgan fingerprint density at radius 3 is 2.50 bits per heavy atom. The van der Waals surface area contributed by atoms with Crippen LogP contribution in [0, 0.1) is 11.8 Å². The molecule has 2 atom stereocenters. The summed E-state index contributed by atoms with van der Waals surface area (Å²) in [6, 6.07) is 0.253. The van der Waals surface area contributed by atoms with Gasteiger partial charge in [0, 0.05) is 10.9 Å². The number of fused-ring (bicyclic) bond motifs is 1. The van der Waals surface area contributed by atoms with Gasteiger partial charge in [0.25, 0.3) is 5.91 Å². The lowest BCUT2D eigenvalue weighted by Gasteiger charge is -2.24. The lowest BCUT2D eigenvalue weighted by molar-refractivity contribution is -0.146. The van der Waals surface area contributed by atoms with Crippen LogP contribution >= 0.6 is 11.3 Å². The second kappa shape index (κ2) is 6.87. The number of nitrogens with one attached hydrogen (secondary N) is 2. The van der Waals surface area contributed by atoms with Crippen molar-refractivity contribution in [3.8, 4) is 0 Å². The van der Waals surface area contributed by atoms with E-state index >= 15 is 0 Å². The second-order valence-electron chi connectivity index (χ2n) is 7.29. The Balaban J connectivity index is 1.57. The maximum Gasteiger partial charge on any atom is 0.307 e. The molecule has 0 radical (unpaired) electrons. The quantitative estimate of drug-likeness (QED) is 0.691. The van der Waals surface area contributed by atoms with Crippen LogP contribution in [0.3, 0.4) is 0 Å².